The van der Waals surface area contributed by atoms with Crippen molar-refractivity contribution in [2.75, 3.05) is 5.32 Å². The number of rotatable bonds is 4. The molecule has 0 aliphatic heterocycles. The number of nitrogens with zero attached hydrogens (tertiary/aromatic N) is 3. The van der Waals surface area contributed by atoms with Gasteiger partial charge in [0.1, 0.15) is 6.33 Å². The first kappa shape index (κ1) is 11.5. The summed E-state index contributed by atoms with van der Waals surface area (Å²) in [6, 6.07) is 14.2. The number of benzene rings is 1. The Labute approximate surface area is 111 Å². The first-order valence-electron chi connectivity index (χ1n) is 6.14. The van der Waals surface area contributed by atoms with Crippen molar-refractivity contribution in [2.45, 2.75) is 6.54 Å². The SMILES string of the molecule is c1cc(NCc2ccncn2)cc(-n2cccc2)c1. The summed E-state index contributed by atoms with van der Waals surface area (Å²) < 4.78 is 2.08. The molecule has 3 aromatic rings. The zero-order valence-electron chi connectivity index (χ0n) is 10.4. The van der Waals surface area contributed by atoms with Crippen LogP contribution >= 0.6 is 0 Å². The number of anilines is 1. The second-order valence-corrected chi connectivity index (χ2v) is 4.19. The molecule has 0 saturated heterocycles. The average Bonchev–Trinajstić information content (AvgIpc) is 3.01. The highest BCUT2D eigenvalue weighted by Gasteiger charge is 1.98. The van der Waals surface area contributed by atoms with Crippen LogP contribution in [0.5, 0.6) is 0 Å². The molecule has 0 unspecified atom stereocenters. The summed E-state index contributed by atoms with van der Waals surface area (Å²) in [7, 11) is 0. The van der Waals surface area contributed by atoms with Gasteiger partial charge >= 0.3 is 0 Å². The van der Waals surface area contributed by atoms with E-state index < -0.39 is 0 Å². The molecule has 0 spiro atoms. The highest BCUT2D eigenvalue weighted by molar-refractivity contribution is 5.51. The largest absolute Gasteiger partial charge is 0.379 e. The van der Waals surface area contributed by atoms with Gasteiger partial charge in [-0.25, -0.2) is 9.97 Å². The van der Waals surface area contributed by atoms with Gasteiger partial charge in [0.25, 0.3) is 0 Å². The van der Waals surface area contributed by atoms with E-state index in [-0.39, 0.29) is 0 Å². The number of nitrogens with one attached hydrogen (secondary N) is 1. The van der Waals surface area contributed by atoms with E-state index in [1.165, 1.54) is 0 Å². The quantitative estimate of drug-likeness (QED) is 0.774. The van der Waals surface area contributed by atoms with E-state index in [0.29, 0.717) is 6.54 Å². The van der Waals surface area contributed by atoms with Gasteiger partial charge in [0, 0.05) is 30.0 Å². The van der Waals surface area contributed by atoms with Gasteiger partial charge in [0.05, 0.1) is 12.2 Å². The normalized spacial score (nSPS) is 10.3. The third kappa shape index (κ3) is 2.80. The molecule has 0 atom stereocenters. The standard InChI is InChI=1S/C15H14N4/c1-2-9-19(8-1)15-5-3-4-13(10-15)17-11-14-6-7-16-12-18-14/h1-10,12,17H,11H2. The summed E-state index contributed by atoms with van der Waals surface area (Å²) in [5.74, 6) is 0. The zero-order chi connectivity index (χ0) is 12.9. The summed E-state index contributed by atoms with van der Waals surface area (Å²) in [5.41, 5.74) is 3.18. The minimum Gasteiger partial charge on any atom is -0.379 e. The van der Waals surface area contributed by atoms with Crippen LogP contribution in [0.1, 0.15) is 5.69 Å². The molecule has 0 aliphatic rings. The van der Waals surface area contributed by atoms with E-state index >= 15 is 0 Å². The zero-order valence-corrected chi connectivity index (χ0v) is 10.4. The van der Waals surface area contributed by atoms with Crippen LogP contribution in [0.15, 0.2) is 67.4 Å². The Morgan fingerprint density at radius 1 is 1.05 bits per heavy atom. The lowest BCUT2D eigenvalue weighted by Crippen LogP contribution is -2.02. The third-order valence-corrected chi connectivity index (χ3v) is 2.87. The topological polar surface area (TPSA) is 42.7 Å². The summed E-state index contributed by atoms with van der Waals surface area (Å²) in [6.07, 6.45) is 7.38. The number of aromatic nitrogens is 3. The molecular weight excluding hydrogens is 236 g/mol. The monoisotopic (exact) mass is 250 g/mol. The van der Waals surface area contributed by atoms with Gasteiger partial charge in [0.15, 0.2) is 0 Å². The summed E-state index contributed by atoms with van der Waals surface area (Å²) in [5, 5.41) is 3.36. The Bertz CT molecular complexity index is 632. The van der Waals surface area contributed by atoms with E-state index in [1.807, 2.05) is 42.7 Å². The van der Waals surface area contributed by atoms with Gasteiger partial charge in [-0.2, -0.15) is 0 Å². The van der Waals surface area contributed by atoms with Crippen molar-refractivity contribution in [2.24, 2.45) is 0 Å². The first-order valence-corrected chi connectivity index (χ1v) is 6.14. The van der Waals surface area contributed by atoms with Gasteiger partial charge in [-0.05, 0) is 36.4 Å². The van der Waals surface area contributed by atoms with E-state index in [0.717, 1.165) is 17.1 Å². The molecule has 0 amide bonds. The smallest absolute Gasteiger partial charge is 0.115 e. The molecule has 2 heterocycles. The predicted octanol–water partition coefficient (Wildman–Crippen LogP) is 2.88. The number of hydrogen-bond acceptors (Lipinski definition) is 3. The van der Waals surface area contributed by atoms with Crippen molar-refractivity contribution in [1.82, 2.24) is 14.5 Å². The van der Waals surface area contributed by atoms with Crippen LogP contribution in [0.4, 0.5) is 5.69 Å². The molecule has 0 fully saturated rings. The minimum absolute atomic E-state index is 0.692. The predicted molar refractivity (Wildman–Crippen MR) is 75.1 cm³/mol. The maximum absolute atomic E-state index is 4.19. The Morgan fingerprint density at radius 2 is 1.95 bits per heavy atom. The molecule has 0 saturated carbocycles. The van der Waals surface area contributed by atoms with Crippen molar-refractivity contribution < 1.29 is 0 Å². The van der Waals surface area contributed by atoms with Crippen LogP contribution in [-0.2, 0) is 6.54 Å². The van der Waals surface area contributed by atoms with Crippen LogP contribution in [0.25, 0.3) is 5.69 Å². The highest BCUT2D eigenvalue weighted by atomic mass is 15.0. The van der Waals surface area contributed by atoms with E-state index in [9.17, 15) is 0 Å². The second-order valence-electron chi connectivity index (χ2n) is 4.19. The van der Waals surface area contributed by atoms with Gasteiger partial charge < -0.3 is 9.88 Å². The summed E-state index contributed by atoms with van der Waals surface area (Å²) >= 11 is 0. The summed E-state index contributed by atoms with van der Waals surface area (Å²) in [6.45, 7) is 0.692. The molecule has 19 heavy (non-hydrogen) atoms. The maximum Gasteiger partial charge on any atom is 0.115 e. The lowest BCUT2D eigenvalue weighted by molar-refractivity contribution is 1.00. The van der Waals surface area contributed by atoms with E-state index in [2.05, 4.69) is 32.0 Å². The third-order valence-electron chi connectivity index (χ3n) is 2.87. The average molecular weight is 250 g/mol. The molecule has 4 heteroatoms. The fraction of sp³-hybridized carbons (Fsp3) is 0.0667. The molecule has 1 N–H and O–H groups in total. The van der Waals surface area contributed by atoms with Gasteiger partial charge in [-0.1, -0.05) is 6.07 Å². The van der Waals surface area contributed by atoms with Crippen molar-refractivity contribution in [3.05, 3.63) is 73.1 Å². The maximum atomic E-state index is 4.19. The van der Waals surface area contributed by atoms with Gasteiger partial charge in [-0.3, -0.25) is 0 Å². The highest BCUT2D eigenvalue weighted by Crippen LogP contribution is 2.15. The van der Waals surface area contributed by atoms with Gasteiger partial charge in [0.2, 0.25) is 0 Å². The molecule has 4 nitrogen and oxygen atoms in total. The first-order chi connectivity index (χ1) is 9.42. The fourth-order valence-corrected chi connectivity index (χ4v) is 1.90. The summed E-state index contributed by atoms with van der Waals surface area (Å²) in [4.78, 5) is 8.09. The van der Waals surface area contributed by atoms with Crippen molar-refractivity contribution in [3.63, 3.8) is 0 Å². The number of hydrogen-bond donors (Lipinski definition) is 1. The lowest BCUT2D eigenvalue weighted by Gasteiger charge is -2.08. The van der Waals surface area contributed by atoms with Crippen molar-refractivity contribution >= 4 is 5.69 Å². The lowest BCUT2D eigenvalue weighted by atomic mass is 10.2. The fourth-order valence-electron chi connectivity index (χ4n) is 1.90. The molecule has 2 aromatic heterocycles. The molecule has 0 aliphatic carbocycles. The van der Waals surface area contributed by atoms with Crippen LogP contribution in [0.3, 0.4) is 0 Å². The molecule has 1 aromatic carbocycles. The molecule has 0 radical (unpaired) electrons. The molecule has 0 bridgehead atoms. The minimum atomic E-state index is 0.692. The van der Waals surface area contributed by atoms with E-state index in [1.54, 1.807) is 12.5 Å². The van der Waals surface area contributed by atoms with Gasteiger partial charge in [-0.15, -0.1) is 0 Å². The van der Waals surface area contributed by atoms with Crippen molar-refractivity contribution in [1.29, 1.82) is 0 Å². The molecule has 3 rings (SSSR count). The Hall–Kier alpha value is -2.62. The second kappa shape index (κ2) is 5.35. The van der Waals surface area contributed by atoms with Crippen LogP contribution in [0.2, 0.25) is 0 Å². The van der Waals surface area contributed by atoms with Crippen LogP contribution in [0, 0.1) is 0 Å². The molecule has 94 valence electrons. The van der Waals surface area contributed by atoms with E-state index in [4.69, 9.17) is 0 Å². The van der Waals surface area contributed by atoms with Crippen LogP contribution in [-0.4, -0.2) is 14.5 Å². The Balaban J connectivity index is 1.74. The molecular formula is C15H14N4. The van der Waals surface area contributed by atoms with Crippen LogP contribution < -0.4 is 5.32 Å². The Kier molecular flexibility index (Phi) is 3.23. The van der Waals surface area contributed by atoms with Crippen molar-refractivity contribution in [3.8, 4) is 5.69 Å². The Morgan fingerprint density at radius 3 is 2.74 bits per heavy atom.